The molecule has 0 atom stereocenters. The van der Waals surface area contributed by atoms with Crippen LogP contribution in [0.25, 0.3) is 0 Å². The van der Waals surface area contributed by atoms with E-state index in [0.717, 1.165) is 132 Å². The molecule has 20 heteroatoms. The van der Waals surface area contributed by atoms with E-state index in [2.05, 4.69) is 38.3 Å². The fraction of sp³-hybridized carbons (Fsp3) is 0.405. The van der Waals surface area contributed by atoms with Gasteiger partial charge in [-0.05, 0) is 122 Å². The van der Waals surface area contributed by atoms with Crippen LogP contribution >= 0.6 is 0 Å². The SMILES string of the molecule is CNC(=O)c1cc(S(=O)(=O)NC(=O)Nc2c3c(cc4c2CCC4)CCC3)nn1C.Cn1nc(S(=O)(=O)NC(=O)Nc2c3c(cc4c2CCC4)CCC3)cc1C(=O)O. The van der Waals surface area contributed by atoms with Crippen molar-refractivity contribution in [3.63, 3.8) is 0 Å². The van der Waals surface area contributed by atoms with Crippen LogP contribution in [0, 0.1) is 0 Å². The summed E-state index contributed by atoms with van der Waals surface area (Å²) in [5, 5.41) is 23.6. The average Bonchev–Trinajstić information content (AvgIpc) is 3.99. The number of hydrogen-bond donors (Lipinski definition) is 6. The Balaban J connectivity index is 0.000000174. The van der Waals surface area contributed by atoms with Gasteiger partial charge in [0.1, 0.15) is 11.4 Å². The fourth-order valence-corrected chi connectivity index (χ4v) is 10.0. The summed E-state index contributed by atoms with van der Waals surface area (Å²) in [6, 6.07) is 4.79. The number of urea groups is 2. The van der Waals surface area contributed by atoms with Crippen LogP contribution in [0.4, 0.5) is 21.0 Å². The zero-order valence-corrected chi connectivity index (χ0v) is 33.2. The molecule has 4 aromatic rings. The lowest BCUT2D eigenvalue weighted by Crippen LogP contribution is -2.35. The number of nitrogens with one attached hydrogen (secondary N) is 5. The first-order valence-corrected chi connectivity index (χ1v) is 21.6. The molecule has 2 aromatic carbocycles. The lowest BCUT2D eigenvalue weighted by Gasteiger charge is -2.16. The number of aryl methyl sites for hydroxylation is 6. The van der Waals surface area contributed by atoms with Crippen LogP contribution in [0.5, 0.6) is 0 Å². The normalized spacial score (nSPS) is 15.1. The molecule has 5 amide bonds. The van der Waals surface area contributed by atoms with Gasteiger partial charge in [0.05, 0.1) is 0 Å². The Bertz CT molecular complexity index is 2510. The molecule has 0 aliphatic heterocycles. The predicted octanol–water partition coefficient (Wildman–Crippen LogP) is 2.87. The number of carbonyl (C=O) groups is 4. The fourth-order valence-electron chi connectivity index (χ4n) is 8.25. The number of benzene rings is 2. The standard InChI is InChI=1S/C19H23N5O4S.C18H20N4O5S/c1-20-18(25)15-10-16(22-24(15)2)29(27,28)23-19(26)21-17-13-7-3-5-11(13)9-12-6-4-8-14(12)17;1-22-14(17(23)24)9-15(20-22)28(26,27)21-18(25)19-16-12-6-2-4-10(12)8-11-5-3-7-13(11)16/h9-10H,3-8H2,1-2H3,(H,20,25)(H2,21,23,26);8-9H,2-7H2,1H3,(H,23,24)(H2,19,21,25). The van der Waals surface area contributed by atoms with Gasteiger partial charge in [0.2, 0.25) is 0 Å². The molecule has 57 heavy (non-hydrogen) atoms. The number of carboxylic acids is 1. The van der Waals surface area contributed by atoms with Crippen molar-refractivity contribution in [2.45, 2.75) is 87.1 Å². The van der Waals surface area contributed by atoms with E-state index in [-0.39, 0.29) is 11.4 Å². The zero-order chi connectivity index (χ0) is 40.8. The molecule has 2 heterocycles. The molecule has 0 radical (unpaired) electrons. The van der Waals surface area contributed by atoms with Gasteiger partial charge in [0, 0.05) is 44.7 Å². The van der Waals surface area contributed by atoms with E-state index in [0.29, 0.717) is 0 Å². The molecule has 2 aromatic heterocycles. The highest BCUT2D eigenvalue weighted by Crippen LogP contribution is 2.40. The van der Waals surface area contributed by atoms with Gasteiger partial charge in [-0.25, -0.2) is 23.8 Å². The highest BCUT2D eigenvalue weighted by molar-refractivity contribution is 7.90. The monoisotopic (exact) mass is 821 g/mol. The first kappa shape index (κ1) is 39.5. The third kappa shape index (κ3) is 7.82. The number of carbonyl (C=O) groups excluding carboxylic acids is 3. The second kappa shape index (κ2) is 15.3. The van der Waals surface area contributed by atoms with Gasteiger partial charge in [0.25, 0.3) is 26.0 Å². The van der Waals surface area contributed by atoms with Gasteiger partial charge in [-0.2, -0.15) is 27.0 Å². The van der Waals surface area contributed by atoms with E-state index in [4.69, 9.17) is 5.11 Å². The molecular formula is C37H43N9O9S2. The molecule has 302 valence electrons. The van der Waals surface area contributed by atoms with Crippen molar-refractivity contribution in [2.75, 3.05) is 17.7 Å². The summed E-state index contributed by atoms with van der Waals surface area (Å²) in [5.41, 5.74) is 10.6. The summed E-state index contributed by atoms with van der Waals surface area (Å²) in [4.78, 5) is 47.9. The Morgan fingerprint density at radius 2 is 0.930 bits per heavy atom. The Morgan fingerprint density at radius 1 is 0.579 bits per heavy atom. The summed E-state index contributed by atoms with van der Waals surface area (Å²) in [5.74, 6) is -1.78. The first-order chi connectivity index (χ1) is 27.1. The molecule has 6 N–H and O–H groups in total. The molecule has 0 spiro atoms. The number of fused-ring (bicyclic) bond motifs is 4. The van der Waals surface area contributed by atoms with Crippen LogP contribution in [0.1, 0.15) is 91.2 Å². The predicted molar refractivity (Wildman–Crippen MR) is 206 cm³/mol. The minimum atomic E-state index is -4.30. The molecule has 0 unspecified atom stereocenters. The smallest absolute Gasteiger partial charge is 0.354 e. The Hall–Kier alpha value is -5.76. The van der Waals surface area contributed by atoms with Gasteiger partial charge in [0.15, 0.2) is 10.1 Å². The van der Waals surface area contributed by atoms with E-state index >= 15 is 0 Å². The second-order valence-electron chi connectivity index (χ2n) is 14.5. The number of aromatic carboxylic acids is 1. The first-order valence-electron chi connectivity index (χ1n) is 18.6. The number of nitrogens with zero attached hydrogens (tertiary/aromatic N) is 4. The van der Waals surface area contributed by atoms with Crippen LogP contribution < -0.4 is 25.4 Å². The highest BCUT2D eigenvalue weighted by Gasteiger charge is 2.30. The van der Waals surface area contributed by atoms with Crippen molar-refractivity contribution in [3.05, 3.63) is 80.2 Å². The summed E-state index contributed by atoms with van der Waals surface area (Å²) < 4.78 is 56.1. The summed E-state index contributed by atoms with van der Waals surface area (Å²) in [7, 11) is -4.31. The third-order valence-electron chi connectivity index (χ3n) is 10.8. The Morgan fingerprint density at radius 3 is 1.26 bits per heavy atom. The Labute approximate surface area is 328 Å². The van der Waals surface area contributed by atoms with Gasteiger partial charge >= 0.3 is 18.0 Å². The van der Waals surface area contributed by atoms with Crippen molar-refractivity contribution in [2.24, 2.45) is 14.1 Å². The molecule has 4 aliphatic rings. The number of rotatable bonds is 8. The van der Waals surface area contributed by atoms with Gasteiger partial charge < -0.3 is 21.1 Å². The molecule has 0 saturated heterocycles. The van der Waals surface area contributed by atoms with Crippen molar-refractivity contribution in [3.8, 4) is 0 Å². The van der Waals surface area contributed by atoms with Gasteiger partial charge in [-0.1, -0.05) is 12.1 Å². The van der Waals surface area contributed by atoms with E-state index in [1.807, 2.05) is 9.44 Å². The van der Waals surface area contributed by atoms with Crippen LogP contribution in [-0.4, -0.2) is 72.5 Å². The number of anilines is 2. The van der Waals surface area contributed by atoms with E-state index < -0.39 is 54.0 Å². The highest BCUT2D eigenvalue weighted by atomic mass is 32.2. The lowest BCUT2D eigenvalue weighted by molar-refractivity contribution is 0.0684. The molecule has 4 aliphatic carbocycles. The van der Waals surface area contributed by atoms with Crippen molar-refractivity contribution < 1.29 is 41.1 Å². The zero-order valence-electron chi connectivity index (χ0n) is 31.6. The van der Waals surface area contributed by atoms with Crippen LogP contribution in [0.3, 0.4) is 0 Å². The molecule has 0 fully saturated rings. The quantitative estimate of drug-likeness (QED) is 0.151. The maximum Gasteiger partial charge on any atom is 0.354 e. The summed E-state index contributed by atoms with van der Waals surface area (Å²) in [6.07, 6.45) is 11.4. The van der Waals surface area contributed by atoms with E-state index in [1.165, 1.54) is 43.4 Å². The largest absolute Gasteiger partial charge is 0.477 e. The number of sulfonamides is 2. The lowest BCUT2D eigenvalue weighted by atomic mass is 9.99. The van der Waals surface area contributed by atoms with E-state index in [9.17, 15) is 36.0 Å². The maximum absolute atomic E-state index is 12.6. The summed E-state index contributed by atoms with van der Waals surface area (Å²) in [6.45, 7) is 0. The molecule has 0 saturated carbocycles. The number of carboxylic acid groups (broad SMARTS) is 1. The van der Waals surface area contributed by atoms with Crippen LogP contribution in [0.2, 0.25) is 0 Å². The average molecular weight is 822 g/mol. The summed E-state index contributed by atoms with van der Waals surface area (Å²) >= 11 is 0. The number of aromatic nitrogens is 4. The van der Waals surface area contributed by atoms with Crippen molar-refractivity contribution in [1.29, 1.82) is 0 Å². The third-order valence-corrected chi connectivity index (χ3v) is 13.2. The molecule has 18 nitrogen and oxygen atoms in total. The minimum absolute atomic E-state index is 0.0759. The van der Waals surface area contributed by atoms with E-state index in [1.54, 1.807) is 0 Å². The minimum Gasteiger partial charge on any atom is -0.477 e. The van der Waals surface area contributed by atoms with Crippen LogP contribution in [0.15, 0.2) is 34.3 Å². The number of amides is 5. The topological polar surface area (TPSA) is 253 Å². The number of hydrogen-bond acceptors (Lipinski definition) is 10. The maximum atomic E-state index is 12.6. The second-order valence-corrected chi connectivity index (χ2v) is 17.7. The van der Waals surface area contributed by atoms with Crippen LogP contribution in [-0.2, 0) is 85.5 Å². The molecule has 8 rings (SSSR count). The Kier molecular flexibility index (Phi) is 10.6. The van der Waals surface area contributed by atoms with Crippen molar-refractivity contribution >= 4 is 55.4 Å². The molecule has 0 bridgehead atoms. The molecular weight excluding hydrogens is 779 g/mol. The van der Waals surface area contributed by atoms with Gasteiger partial charge in [-0.15, -0.1) is 0 Å². The van der Waals surface area contributed by atoms with Gasteiger partial charge in [-0.3, -0.25) is 14.2 Å². The van der Waals surface area contributed by atoms with Crippen molar-refractivity contribution in [1.82, 2.24) is 34.3 Å².